The number of hydrogen-bond donors (Lipinski definition) is 2. The van der Waals surface area contributed by atoms with Crippen molar-refractivity contribution in [1.82, 2.24) is 0 Å². The van der Waals surface area contributed by atoms with Gasteiger partial charge in [0.25, 0.3) is 0 Å². The Bertz CT molecular complexity index is 579. The van der Waals surface area contributed by atoms with Crippen LogP contribution in [0.15, 0.2) is 42.5 Å². The van der Waals surface area contributed by atoms with E-state index in [-0.39, 0.29) is 0 Å². The molecule has 92 valence electrons. The van der Waals surface area contributed by atoms with Crippen LogP contribution in [0.3, 0.4) is 0 Å². The van der Waals surface area contributed by atoms with Gasteiger partial charge in [0.2, 0.25) is 5.91 Å². The SMILES string of the molecule is NCc1ccc(-c2ccc(Cl)cc2C(N)=O)cc1. The second kappa shape index (κ2) is 5.21. The Kier molecular flexibility index (Phi) is 3.65. The zero-order valence-electron chi connectivity index (χ0n) is 9.69. The summed E-state index contributed by atoms with van der Waals surface area (Å²) in [6, 6.07) is 12.8. The molecule has 2 aromatic rings. The van der Waals surface area contributed by atoms with E-state index in [1.54, 1.807) is 18.2 Å². The zero-order valence-corrected chi connectivity index (χ0v) is 10.4. The van der Waals surface area contributed by atoms with E-state index in [9.17, 15) is 4.79 Å². The van der Waals surface area contributed by atoms with Gasteiger partial charge in [0.05, 0.1) is 0 Å². The molecular formula is C14H13ClN2O. The first-order chi connectivity index (χ1) is 8.61. The zero-order chi connectivity index (χ0) is 13.1. The Balaban J connectivity index is 2.52. The number of rotatable bonds is 3. The van der Waals surface area contributed by atoms with Crippen LogP contribution >= 0.6 is 11.6 Å². The van der Waals surface area contributed by atoms with Crippen molar-refractivity contribution in [2.24, 2.45) is 11.5 Å². The first-order valence-corrected chi connectivity index (χ1v) is 5.88. The smallest absolute Gasteiger partial charge is 0.249 e. The van der Waals surface area contributed by atoms with E-state index in [1.807, 2.05) is 24.3 Å². The summed E-state index contributed by atoms with van der Waals surface area (Å²) in [5, 5.41) is 0.492. The van der Waals surface area contributed by atoms with Crippen LogP contribution in [0.5, 0.6) is 0 Å². The topological polar surface area (TPSA) is 69.1 Å². The number of hydrogen-bond acceptors (Lipinski definition) is 2. The van der Waals surface area contributed by atoms with Gasteiger partial charge in [0.1, 0.15) is 0 Å². The highest BCUT2D eigenvalue weighted by atomic mass is 35.5. The lowest BCUT2D eigenvalue weighted by Gasteiger charge is -2.08. The number of carbonyl (C=O) groups is 1. The van der Waals surface area contributed by atoms with Crippen molar-refractivity contribution in [3.8, 4) is 11.1 Å². The van der Waals surface area contributed by atoms with Crippen molar-refractivity contribution in [2.75, 3.05) is 0 Å². The Morgan fingerprint density at radius 2 is 1.78 bits per heavy atom. The molecular weight excluding hydrogens is 248 g/mol. The van der Waals surface area contributed by atoms with Crippen LogP contribution in [0.1, 0.15) is 15.9 Å². The number of primary amides is 1. The van der Waals surface area contributed by atoms with Crippen LogP contribution in [0.2, 0.25) is 5.02 Å². The van der Waals surface area contributed by atoms with Crippen molar-refractivity contribution in [2.45, 2.75) is 6.54 Å². The molecule has 3 nitrogen and oxygen atoms in total. The van der Waals surface area contributed by atoms with Crippen LogP contribution in [-0.2, 0) is 6.54 Å². The number of carbonyl (C=O) groups excluding carboxylic acids is 1. The fourth-order valence-corrected chi connectivity index (χ4v) is 1.96. The summed E-state index contributed by atoms with van der Waals surface area (Å²) >= 11 is 5.87. The Hall–Kier alpha value is -1.84. The molecule has 4 heteroatoms. The standard InChI is InChI=1S/C14H13ClN2O/c15-11-5-6-12(13(7-11)14(17)18)10-3-1-9(8-16)2-4-10/h1-7H,8,16H2,(H2,17,18). The summed E-state index contributed by atoms with van der Waals surface area (Å²) in [7, 11) is 0. The third-order valence-electron chi connectivity index (χ3n) is 2.75. The van der Waals surface area contributed by atoms with E-state index in [2.05, 4.69) is 0 Å². The van der Waals surface area contributed by atoms with Crippen molar-refractivity contribution in [3.63, 3.8) is 0 Å². The number of amides is 1. The van der Waals surface area contributed by atoms with Crippen molar-refractivity contribution in [3.05, 3.63) is 58.6 Å². The highest BCUT2D eigenvalue weighted by Crippen LogP contribution is 2.26. The third-order valence-corrected chi connectivity index (χ3v) is 2.98. The molecule has 2 aromatic carbocycles. The summed E-state index contributed by atoms with van der Waals surface area (Å²) < 4.78 is 0. The minimum atomic E-state index is -0.490. The molecule has 0 atom stereocenters. The second-order valence-corrected chi connectivity index (χ2v) is 4.39. The molecule has 0 saturated carbocycles. The van der Waals surface area contributed by atoms with Crippen LogP contribution in [0.25, 0.3) is 11.1 Å². The third kappa shape index (κ3) is 2.53. The van der Waals surface area contributed by atoms with E-state index in [0.29, 0.717) is 17.1 Å². The maximum absolute atomic E-state index is 11.4. The van der Waals surface area contributed by atoms with Crippen LogP contribution in [0.4, 0.5) is 0 Å². The number of benzene rings is 2. The van der Waals surface area contributed by atoms with Crippen LogP contribution in [0, 0.1) is 0 Å². The molecule has 0 aromatic heterocycles. The maximum atomic E-state index is 11.4. The molecule has 0 fully saturated rings. The van der Waals surface area contributed by atoms with Crippen molar-refractivity contribution in [1.29, 1.82) is 0 Å². The molecule has 2 rings (SSSR count). The van der Waals surface area contributed by atoms with Gasteiger partial charge in [0.15, 0.2) is 0 Å². The summed E-state index contributed by atoms with van der Waals surface area (Å²) in [5.74, 6) is -0.490. The van der Waals surface area contributed by atoms with E-state index in [4.69, 9.17) is 23.1 Å². The fraction of sp³-hybridized carbons (Fsp3) is 0.0714. The lowest BCUT2D eigenvalue weighted by molar-refractivity contribution is 0.100. The second-order valence-electron chi connectivity index (χ2n) is 3.96. The van der Waals surface area contributed by atoms with Gasteiger partial charge in [-0.3, -0.25) is 4.79 Å². The average Bonchev–Trinajstić information content (AvgIpc) is 2.39. The minimum Gasteiger partial charge on any atom is -0.366 e. The molecule has 0 spiro atoms. The average molecular weight is 261 g/mol. The molecule has 0 aliphatic heterocycles. The molecule has 0 heterocycles. The van der Waals surface area contributed by atoms with Crippen LogP contribution < -0.4 is 11.5 Å². The molecule has 0 unspecified atom stereocenters. The molecule has 0 aliphatic rings. The predicted octanol–water partition coefficient (Wildman–Crippen LogP) is 2.56. The molecule has 0 saturated heterocycles. The Morgan fingerprint density at radius 1 is 1.11 bits per heavy atom. The quantitative estimate of drug-likeness (QED) is 0.890. The number of halogens is 1. The summed E-state index contributed by atoms with van der Waals surface area (Å²) in [6.45, 7) is 0.490. The van der Waals surface area contributed by atoms with Gasteiger partial charge in [-0.05, 0) is 28.8 Å². The maximum Gasteiger partial charge on any atom is 0.249 e. The largest absolute Gasteiger partial charge is 0.366 e. The highest BCUT2D eigenvalue weighted by Gasteiger charge is 2.10. The van der Waals surface area contributed by atoms with Gasteiger partial charge in [0, 0.05) is 17.1 Å². The van der Waals surface area contributed by atoms with Gasteiger partial charge >= 0.3 is 0 Å². The van der Waals surface area contributed by atoms with Gasteiger partial charge < -0.3 is 11.5 Å². The normalized spacial score (nSPS) is 10.3. The van der Waals surface area contributed by atoms with Gasteiger partial charge in [-0.1, -0.05) is 41.9 Å². The fourth-order valence-electron chi connectivity index (χ4n) is 1.79. The van der Waals surface area contributed by atoms with Gasteiger partial charge in [-0.2, -0.15) is 0 Å². The van der Waals surface area contributed by atoms with Crippen molar-refractivity contribution < 1.29 is 4.79 Å². The summed E-state index contributed by atoms with van der Waals surface area (Å²) in [6.07, 6.45) is 0. The molecule has 4 N–H and O–H groups in total. The molecule has 0 aliphatic carbocycles. The lowest BCUT2D eigenvalue weighted by Crippen LogP contribution is -2.12. The van der Waals surface area contributed by atoms with Gasteiger partial charge in [-0.15, -0.1) is 0 Å². The monoisotopic (exact) mass is 260 g/mol. The van der Waals surface area contributed by atoms with E-state index >= 15 is 0 Å². The summed E-state index contributed by atoms with van der Waals surface area (Å²) in [4.78, 5) is 11.4. The Morgan fingerprint density at radius 3 is 2.33 bits per heavy atom. The summed E-state index contributed by atoms with van der Waals surface area (Å²) in [5.41, 5.74) is 14.0. The molecule has 0 radical (unpaired) electrons. The first-order valence-electron chi connectivity index (χ1n) is 5.50. The van der Waals surface area contributed by atoms with E-state index in [1.165, 1.54) is 0 Å². The van der Waals surface area contributed by atoms with E-state index < -0.39 is 5.91 Å². The lowest BCUT2D eigenvalue weighted by atomic mass is 9.98. The highest BCUT2D eigenvalue weighted by molar-refractivity contribution is 6.31. The minimum absolute atomic E-state index is 0.419. The van der Waals surface area contributed by atoms with Crippen molar-refractivity contribution >= 4 is 17.5 Å². The van der Waals surface area contributed by atoms with E-state index in [0.717, 1.165) is 16.7 Å². The first kappa shape index (κ1) is 12.6. The van der Waals surface area contributed by atoms with Crippen LogP contribution in [-0.4, -0.2) is 5.91 Å². The molecule has 0 bridgehead atoms. The molecule has 18 heavy (non-hydrogen) atoms. The number of nitrogens with two attached hydrogens (primary N) is 2. The Labute approximate surface area is 110 Å². The predicted molar refractivity (Wildman–Crippen MR) is 73.3 cm³/mol. The van der Waals surface area contributed by atoms with Gasteiger partial charge in [-0.25, -0.2) is 0 Å². The molecule has 1 amide bonds.